The number of hydrogen-bond donors (Lipinski definition) is 4. The van der Waals surface area contributed by atoms with Crippen LogP contribution < -0.4 is 20.1 Å². The Labute approximate surface area is 199 Å². The Morgan fingerprint density at radius 3 is 2.15 bits per heavy atom. The van der Waals surface area contributed by atoms with E-state index in [1.165, 1.54) is 19.2 Å². The highest BCUT2D eigenvalue weighted by atomic mass is 32.2. The lowest BCUT2D eigenvalue weighted by atomic mass is 10.2. The van der Waals surface area contributed by atoms with E-state index in [4.69, 9.17) is 0 Å². The van der Waals surface area contributed by atoms with Crippen LogP contribution in [0.1, 0.15) is 24.0 Å². The average molecular weight is 503 g/mol. The summed E-state index contributed by atoms with van der Waals surface area (Å²) in [6, 6.07) is 13.7. The van der Waals surface area contributed by atoms with Crippen molar-refractivity contribution in [1.82, 2.24) is 19.4 Å². The van der Waals surface area contributed by atoms with Gasteiger partial charge in [-0.1, -0.05) is 12.1 Å². The second-order valence-electron chi connectivity index (χ2n) is 7.97. The van der Waals surface area contributed by atoms with Crippen LogP contribution in [0, 0.1) is 6.92 Å². The molecule has 4 N–H and O–H groups in total. The van der Waals surface area contributed by atoms with Gasteiger partial charge in [-0.05, 0) is 68.8 Å². The van der Waals surface area contributed by atoms with E-state index in [-0.39, 0.29) is 16.7 Å². The standard InChI is InChI=1S/C22H26N6O4S2/c1-15-13-24-22(27-18-7-9-19(10-8-18)33(29,30)23-2)28-21(15)26-17-5-3-16(4-6-17)14-25-34(31,32)20-11-12-20/h3-10,13,20,23,25H,11-12,14H2,1-2H3,(H2,24,26,27,28). The van der Waals surface area contributed by atoms with E-state index in [0.29, 0.717) is 17.5 Å². The van der Waals surface area contributed by atoms with E-state index in [9.17, 15) is 16.8 Å². The molecule has 1 aromatic heterocycles. The van der Waals surface area contributed by atoms with Gasteiger partial charge in [0, 0.05) is 29.7 Å². The quantitative estimate of drug-likeness (QED) is 0.332. The van der Waals surface area contributed by atoms with E-state index in [2.05, 4.69) is 30.0 Å². The van der Waals surface area contributed by atoms with Crippen molar-refractivity contribution in [3.63, 3.8) is 0 Å². The van der Waals surface area contributed by atoms with Crippen molar-refractivity contribution < 1.29 is 16.8 Å². The van der Waals surface area contributed by atoms with E-state index in [1.807, 2.05) is 31.2 Å². The van der Waals surface area contributed by atoms with Crippen molar-refractivity contribution in [3.05, 3.63) is 65.9 Å². The first-order valence-corrected chi connectivity index (χ1v) is 13.7. The largest absolute Gasteiger partial charge is 0.340 e. The zero-order chi connectivity index (χ0) is 24.3. The summed E-state index contributed by atoms with van der Waals surface area (Å²) < 4.78 is 52.6. The number of rotatable bonds is 10. The van der Waals surface area contributed by atoms with Crippen LogP contribution in [0.2, 0.25) is 0 Å². The number of nitrogens with one attached hydrogen (secondary N) is 4. The van der Waals surface area contributed by atoms with Gasteiger partial charge in [-0.15, -0.1) is 0 Å². The molecule has 0 saturated heterocycles. The molecular formula is C22H26N6O4S2. The van der Waals surface area contributed by atoms with Crippen molar-refractivity contribution in [2.75, 3.05) is 17.7 Å². The minimum Gasteiger partial charge on any atom is -0.340 e. The number of nitrogens with zero attached hydrogens (tertiary/aromatic N) is 2. The normalized spacial score (nSPS) is 14.1. The summed E-state index contributed by atoms with van der Waals surface area (Å²) in [6.45, 7) is 2.14. The number of benzene rings is 2. The van der Waals surface area contributed by atoms with Crippen molar-refractivity contribution >= 4 is 43.2 Å². The fourth-order valence-electron chi connectivity index (χ4n) is 3.12. The van der Waals surface area contributed by atoms with Gasteiger partial charge in [-0.3, -0.25) is 0 Å². The lowest BCUT2D eigenvalue weighted by Crippen LogP contribution is -2.26. The molecule has 12 heteroatoms. The van der Waals surface area contributed by atoms with Crippen molar-refractivity contribution in [3.8, 4) is 0 Å². The lowest BCUT2D eigenvalue weighted by molar-refractivity contribution is 0.579. The van der Waals surface area contributed by atoms with Crippen LogP contribution in [0.4, 0.5) is 23.1 Å². The molecule has 0 bridgehead atoms. The van der Waals surface area contributed by atoms with Crippen molar-refractivity contribution in [1.29, 1.82) is 0 Å². The molecule has 0 unspecified atom stereocenters. The van der Waals surface area contributed by atoms with Crippen LogP contribution in [0.3, 0.4) is 0 Å². The Hall–Kier alpha value is -3.06. The predicted molar refractivity (Wildman–Crippen MR) is 131 cm³/mol. The molecule has 4 rings (SSSR count). The lowest BCUT2D eigenvalue weighted by Gasteiger charge is -2.12. The molecule has 0 amide bonds. The third kappa shape index (κ3) is 5.89. The summed E-state index contributed by atoms with van der Waals surface area (Å²) in [5.74, 6) is 0.956. The van der Waals surface area contributed by atoms with Gasteiger partial charge in [0.25, 0.3) is 0 Å². The van der Waals surface area contributed by atoms with Gasteiger partial charge in [0.15, 0.2) is 0 Å². The zero-order valence-corrected chi connectivity index (χ0v) is 20.4. The molecule has 1 saturated carbocycles. The predicted octanol–water partition coefficient (Wildman–Crippen LogP) is 2.76. The summed E-state index contributed by atoms with van der Waals surface area (Å²) in [5, 5.41) is 6.07. The zero-order valence-electron chi connectivity index (χ0n) is 18.7. The minimum absolute atomic E-state index is 0.163. The molecule has 1 fully saturated rings. The van der Waals surface area contributed by atoms with Crippen molar-refractivity contribution in [2.45, 2.75) is 36.5 Å². The van der Waals surface area contributed by atoms with E-state index in [0.717, 1.165) is 29.7 Å². The maximum atomic E-state index is 12.0. The molecular weight excluding hydrogens is 476 g/mol. The van der Waals surface area contributed by atoms with E-state index in [1.54, 1.807) is 18.3 Å². The summed E-state index contributed by atoms with van der Waals surface area (Å²) in [5.41, 5.74) is 3.13. The maximum Gasteiger partial charge on any atom is 0.240 e. The topological polar surface area (TPSA) is 142 Å². The monoisotopic (exact) mass is 502 g/mol. The van der Waals surface area contributed by atoms with Crippen LogP contribution in [0.5, 0.6) is 0 Å². The molecule has 0 aliphatic heterocycles. The van der Waals surface area contributed by atoms with Gasteiger partial charge in [-0.25, -0.2) is 31.3 Å². The van der Waals surface area contributed by atoms with Gasteiger partial charge in [-0.2, -0.15) is 4.98 Å². The first-order chi connectivity index (χ1) is 16.2. The van der Waals surface area contributed by atoms with Gasteiger partial charge < -0.3 is 10.6 Å². The van der Waals surface area contributed by atoms with E-state index < -0.39 is 20.0 Å². The van der Waals surface area contributed by atoms with Gasteiger partial charge in [0.05, 0.1) is 10.1 Å². The first kappa shape index (κ1) is 24.1. The Balaban J connectivity index is 1.41. The highest BCUT2D eigenvalue weighted by molar-refractivity contribution is 7.90. The molecule has 3 aromatic rings. The minimum atomic E-state index is -3.50. The Morgan fingerprint density at radius 2 is 1.53 bits per heavy atom. The van der Waals surface area contributed by atoms with Gasteiger partial charge in [0.2, 0.25) is 26.0 Å². The Morgan fingerprint density at radius 1 is 0.912 bits per heavy atom. The number of aryl methyl sites for hydroxylation is 1. The third-order valence-electron chi connectivity index (χ3n) is 5.32. The van der Waals surface area contributed by atoms with Crippen LogP contribution in [0.25, 0.3) is 0 Å². The molecule has 2 aromatic carbocycles. The number of sulfonamides is 2. The Bertz CT molecular complexity index is 1370. The van der Waals surface area contributed by atoms with Crippen LogP contribution in [-0.4, -0.2) is 39.1 Å². The Kier molecular flexibility index (Phi) is 6.84. The molecule has 34 heavy (non-hydrogen) atoms. The summed E-state index contributed by atoms with van der Waals surface area (Å²) in [4.78, 5) is 8.96. The molecule has 180 valence electrons. The smallest absolute Gasteiger partial charge is 0.240 e. The van der Waals surface area contributed by atoms with Crippen LogP contribution in [-0.2, 0) is 26.6 Å². The second-order valence-corrected chi connectivity index (χ2v) is 11.9. The first-order valence-electron chi connectivity index (χ1n) is 10.6. The van der Waals surface area contributed by atoms with Crippen LogP contribution in [0.15, 0.2) is 59.6 Å². The fourth-order valence-corrected chi connectivity index (χ4v) is 5.21. The molecule has 10 nitrogen and oxygen atoms in total. The summed E-state index contributed by atoms with van der Waals surface area (Å²) >= 11 is 0. The number of anilines is 4. The van der Waals surface area contributed by atoms with E-state index >= 15 is 0 Å². The molecule has 0 spiro atoms. The van der Waals surface area contributed by atoms with Crippen molar-refractivity contribution in [2.24, 2.45) is 0 Å². The maximum absolute atomic E-state index is 12.0. The second kappa shape index (κ2) is 9.66. The molecule has 1 aliphatic carbocycles. The summed E-state index contributed by atoms with van der Waals surface area (Å²) in [6.07, 6.45) is 3.15. The number of aromatic nitrogens is 2. The molecule has 0 atom stereocenters. The highest BCUT2D eigenvalue weighted by Crippen LogP contribution is 2.27. The average Bonchev–Trinajstić information content (AvgIpc) is 3.68. The molecule has 1 heterocycles. The highest BCUT2D eigenvalue weighted by Gasteiger charge is 2.35. The molecule has 1 aliphatic rings. The number of hydrogen-bond acceptors (Lipinski definition) is 8. The van der Waals surface area contributed by atoms with Gasteiger partial charge in [0.1, 0.15) is 5.82 Å². The SMILES string of the molecule is CNS(=O)(=O)c1ccc(Nc2ncc(C)c(Nc3ccc(CNS(=O)(=O)C4CC4)cc3)n2)cc1. The fraction of sp³-hybridized carbons (Fsp3) is 0.273. The third-order valence-corrected chi connectivity index (χ3v) is 8.64. The molecule has 0 radical (unpaired) electrons. The van der Waals surface area contributed by atoms with Gasteiger partial charge >= 0.3 is 0 Å². The van der Waals surface area contributed by atoms with Crippen LogP contribution >= 0.6 is 0 Å². The summed E-state index contributed by atoms with van der Waals surface area (Å²) in [7, 11) is -5.36.